The molecule has 4 heterocycles. The van der Waals surface area contributed by atoms with Gasteiger partial charge in [0.2, 0.25) is 0 Å². The Bertz CT molecular complexity index is 901. The van der Waals surface area contributed by atoms with Gasteiger partial charge in [0.15, 0.2) is 0 Å². The van der Waals surface area contributed by atoms with Crippen molar-refractivity contribution in [1.82, 2.24) is 19.6 Å². The Hall–Kier alpha value is -2.06. The maximum Gasteiger partial charge on any atom is 0.410 e. The van der Waals surface area contributed by atoms with Gasteiger partial charge in [-0.1, -0.05) is 12.2 Å². The van der Waals surface area contributed by atoms with Crippen LogP contribution in [0.1, 0.15) is 80.1 Å². The van der Waals surface area contributed by atoms with Crippen LogP contribution in [-0.2, 0) is 9.47 Å². The highest BCUT2D eigenvalue weighted by Crippen LogP contribution is 2.32. The van der Waals surface area contributed by atoms with Crippen molar-refractivity contribution < 1.29 is 19.1 Å². The standard InChI is InChI=1S/C16H30N2O2.C16H26N2O2/c2*1-16(2,3)20-15(19)18-11-7-14(8-12-18)13-5-9-17(4)10-6-13/h13-14H,5-12H2,1-4H3;5,7H,6,8-12H2,1-4H3. The molecule has 0 unspecified atom stereocenters. The van der Waals surface area contributed by atoms with Crippen LogP contribution < -0.4 is 0 Å². The first-order valence-electron chi connectivity index (χ1n) is 15.4. The molecule has 4 aliphatic heterocycles. The number of carbonyl (C=O) groups is 2. The SMILES string of the molecule is CN1CC=C(C2=CCN(C(=O)OC(C)(C)C)CC2)CC1.CN1CCC(C2CCN(C(=O)OC(C)(C)C)CC2)CC1. The monoisotopic (exact) mass is 560 g/mol. The fourth-order valence-corrected chi connectivity index (χ4v) is 5.90. The predicted molar refractivity (Wildman–Crippen MR) is 161 cm³/mol. The summed E-state index contributed by atoms with van der Waals surface area (Å²) in [5.74, 6) is 1.68. The van der Waals surface area contributed by atoms with Crippen LogP contribution in [0.5, 0.6) is 0 Å². The molecule has 0 aromatic heterocycles. The molecule has 0 bridgehead atoms. The molecular weight excluding hydrogens is 504 g/mol. The van der Waals surface area contributed by atoms with E-state index in [1.54, 1.807) is 4.90 Å². The molecule has 0 radical (unpaired) electrons. The molecule has 0 N–H and O–H groups in total. The molecule has 0 saturated carbocycles. The van der Waals surface area contributed by atoms with E-state index in [4.69, 9.17) is 9.47 Å². The number of amides is 2. The van der Waals surface area contributed by atoms with E-state index in [1.807, 2.05) is 46.4 Å². The van der Waals surface area contributed by atoms with Crippen LogP contribution in [0.2, 0.25) is 0 Å². The number of hydrogen-bond acceptors (Lipinski definition) is 6. The number of rotatable bonds is 2. The molecule has 2 saturated heterocycles. The predicted octanol–water partition coefficient (Wildman–Crippen LogP) is 5.79. The van der Waals surface area contributed by atoms with E-state index in [-0.39, 0.29) is 17.8 Å². The van der Waals surface area contributed by atoms with Crippen molar-refractivity contribution >= 4 is 12.2 Å². The summed E-state index contributed by atoms with van der Waals surface area (Å²) >= 11 is 0. The van der Waals surface area contributed by atoms with Gasteiger partial charge in [-0.25, -0.2) is 9.59 Å². The summed E-state index contributed by atoms with van der Waals surface area (Å²) in [5.41, 5.74) is 2.07. The van der Waals surface area contributed by atoms with Gasteiger partial charge in [-0.05, 0) is 130 Å². The van der Waals surface area contributed by atoms with Crippen molar-refractivity contribution in [1.29, 1.82) is 0 Å². The number of nitrogens with zero attached hydrogens (tertiary/aromatic N) is 4. The Balaban J connectivity index is 0.000000220. The first-order valence-corrected chi connectivity index (χ1v) is 15.4. The zero-order valence-electron chi connectivity index (χ0n) is 26.6. The van der Waals surface area contributed by atoms with Gasteiger partial charge in [-0.15, -0.1) is 0 Å². The van der Waals surface area contributed by atoms with Crippen molar-refractivity contribution in [3.05, 3.63) is 23.3 Å². The van der Waals surface area contributed by atoms with Crippen LogP contribution in [-0.4, -0.2) is 109 Å². The normalized spacial score (nSPS) is 22.6. The van der Waals surface area contributed by atoms with Gasteiger partial charge in [0, 0.05) is 39.3 Å². The Kier molecular flexibility index (Phi) is 11.5. The summed E-state index contributed by atoms with van der Waals surface area (Å²) in [5, 5.41) is 0. The Morgan fingerprint density at radius 3 is 1.50 bits per heavy atom. The summed E-state index contributed by atoms with van der Waals surface area (Å²) in [6, 6.07) is 0. The molecule has 8 nitrogen and oxygen atoms in total. The molecule has 40 heavy (non-hydrogen) atoms. The second kappa shape index (κ2) is 14.2. The smallest absolute Gasteiger partial charge is 0.410 e. The molecule has 2 fully saturated rings. The van der Waals surface area contributed by atoms with Crippen molar-refractivity contribution in [3.8, 4) is 0 Å². The third-order valence-electron chi connectivity index (χ3n) is 8.31. The maximum absolute atomic E-state index is 12.0. The first kappa shape index (κ1) is 32.5. The van der Waals surface area contributed by atoms with Crippen LogP contribution in [0, 0.1) is 11.8 Å². The van der Waals surface area contributed by atoms with Crippen LogP contribution in [0.25, 0.3) is 0 Å². The Morgan fingerprint density at radius 1 is 0.625 bits per heavy atom. The molecule has 0 aromatic carbocycles. The summed E-state index contributed by atoms with van der Waals surface area (Å²) in [6.45, 7) is 19.3. The van der Waals surface area contributed by atoms with Gasteiger partial charge < -0.3 is 29.1 Å². The minimum Gasteiger partial charge on any atom is -0.444 e. The molecule has 228 valence electrons. The molecule has 0 aliphatic carbocycles. The number of hydrogen-bond donors (Lipinski definition) is 0. The first-order chi connectivity index (χ1) is 18.7. The van der Waals surface area contributed by atoms with Gasteiger partial charge in [-0.2, -0.15) is 0 Å². The highest BCUT2D eigenvalue weighted by Gasteiger charge is 2.32. The van der Waals surface area contributed by atoms with E-state index in [1.165, 1.54) is 37.1 Å². The molecule has 2 amide bonds. The van der Waals surface area contributed by atoms with Gasteiger partial charge in [0.25, 0.3) is 0 Å². The number of piperidine rings is 2. The Morgan fingerprint density at radius 2 is 1.07 bits per heavy atom. The molecular formula is C32H56N4O4. The van der Waals surface area contributed by atoms with Gasteiger partial charge in [0.1, 0.15) is 11.2 Å². The second-order valence-electron chi connectivity index (χ2n) is 14.1. The lowest BCUT2D eigenvalue weighted by Gasteiger charge is -2.39. The van der Waals surface area contributed by atoms with E-state index in [0.29, 0.717) is 6.54 Å². The van der Waals surface area contributed by atoms with Crippen LogP contribution in [0.3, 0.4) is 0 Å². The number of carbonyl (C=O) groups excluding carboxylic acids is 2. The highest BCUT2D eigenvalue weighted by molar-refractivity contribution is 5.69. The summed E-state index contributed by atoms with van der Waals surface area (Å²) in [6.07, 6.45) is 11.2. The van der Waals surface area contributed by atoms with E-state index < -0.39 is 5.60 Å². The van der Waals surface area contributed by atoms with Gasteiger partial charge in [0.05, 0.1) is 0 Å². The minimum absolute atomic E-state index is 0.140. The third kappa shape index (κ3) is 10.7. The molecule has 0 atom stereocenters. The fraction of sp³-hybridized carbons (Fsp3) is 0.812. The molecule has 0 spiro atoms. The lowest BCUT2D eigenvalue weighted by atomic mass is 9.79. The molecule has 8 heteroatoms. The topological polar surface area (TPSA) is 65.6 Å². The minimum atomic E-state index is -0.419. The molecule has 0 aromatic rings. The quantitative estimate of drug-likeness (QED) is 0.426. The summed E-state index contributed by atoms with van der Waals surface area (Å²) in [4.78, 5) is 32.4. The zero-order valence-corrected chi connectivity index (χ0v) is 26.6. The van der Waals surface area contributed by atoms with Crippen molar-refractivity contribution in [2.45, 2.75) is 91.3 Å². The number of likely N-dealkylation sites (N-methyl/N-ethyl adjacent to an activating group) is 1. The highest BCUT2D eigenvalue weighted by atomic mass is 16.6. The zero-order chi connectivity index (χ0) is 29.5. The van der Waals surface area contributed by atoms with Crippen molar-refractivity contribution in [2.75, 3.05) is 66.5 Å². The van der Waals surface area contributed by atoms with Gasteiger partial charge >= 0.3 is 12.2 Å². The fourth-order valence-electron chi connectivity index (χ4n) is 5.90. The average Bonchev–Trinajstić information content (AvgIpc) is 2.88. The number of ether oxygens (including phenoxy) is 2. The molecule has 4 rings (SSSR count). The lowest BCUT2D eigenvalue weighted by Crippen LogP contribution is -2.44. The average molecular weight is 561 g/mol. The largest absolute Gasteiger partial charge is 0.444 e. The van der Waals surface area contributed by atoms with Crippen LogP contribution in [0.4, 0.5) is 9.59 Å². The van der Waals surface area contributed by atoms with Crippen molar-refractivity contribution in [2.24, 2.45) is 11.8 Å². The summed E-state index contributed by atoms with van der Waals surface area (Å²) in [7, 11) is 4.36. The van der Waals surface area contributed by atoms with E-state index in [9.17, 15) is 9.59 Å². The maximum atomic E-state index is 12.0. The lowest BCUT2D eigenvalue weighted by molar-refractivity contribution is 0.0139. The van der Waals surface area contributed by atoms with E-state index >= 15 is 0 Å². The molecule has 4 aliphatic rings. The van der Waals surface area contributed by atoms with Crippen molar-refractivity contribution in [3.63, 3.8) is 0 Å². The van der Waals surface area contributed by atoms with Gasteiger partial charge in [-0.3, -0.25) is 0 Å². The van der Waals surface area contributed by atoms with E-state index in [0.717, 1.165) is 70.2 Å². The number of likely N-dealkylation sites (tertiary alicyclic amines) is 2. The third-order valence-corrected chi connectivity index (χ3v) is 8.31. The second-order valence-corrected chi connectivity index (χ2v) is 14.1. The van der Waals surface area contributed by atoms with Crippen LogP contribution >= 0.6 is 0 Å². The van der Waals surface area contributed by atoms with Crippen LogP contribution in [0.15, 0.2) is 23.3 Å². The summed E-state index contributed by atoms with van der Waals surface area (Å²) < 4.78 is 10.9. The van der Waals surface area contributed by atoms with E-state index in [2.05, 4.69) is 36.0 Å². The Labute approximate surface area is 243 Å².